The van der Waals surface area contributed by atoms with Crippen molar-refractivity contribution in [1.29, 1.82) is 0 Å². The molecule has 2 aliphatic rings. The second-order valence-corrected chi connectivity index (χ2v) is 7.43. The summed E-state index contributed by atoms with van der Waals surface area (Å²) in [5.41, 5.74) is 1.21. The van der Waals surface area contributed by atoms with E-state index in [-0.39, 0.29) is 23.1 Å². The van der Waals surface area contributed by atoms with Crippen molar-refractivity contribution >= 4 is 17.8 Å². The maximum Gasteiger partial charge on any atom is 0.490 e. The van der Waals surface area contributed by atoms with Crippen LogP contribution < -0.4 is 0 Å². The van der Waals surface area contributed by atoms with Crippen LogP contribution in [0.3, 0.4) is 0 Å². The van der Waals surface area contributed by atoms with E-state index < -0.39 is 12.1 Å². The normalized spacial score (nSPS) is 23.9. The third kappa shape index (κ3) is 4.68. The molecule has 0 bridgehead atoms. The van der Waals surface area contributed by atoms with Crippen molar-refractivity contribution in [2.45, 2.75) is 33.4 Å². The zero-order valence-electron chi connectivity index (χ0n) is 16.5. The molecule has 1 aromatic heterocycles. The van der Waals surface area contributed by atoms with Gasteiger partial charge < -0.3 is 14.9 Å². The highest BCUT2D eigenvalue weighted by Gasteiger charge is 2.55. The first-order chi connectivity index (χ1) is 13.4. The summed E-state index contributed by atoms with van der Waals surface area (Å²) < 4.78 is 31.7. The Hall–Kier alpha value is -2.65. The molecule has 0 unspecified atom stereocenters. The lowest BCUT2D eigenvalue weighted by atomic mass is 9.78. The summed E-state index contributed by atoms with van der Waals surface area (Å²) in [5, 5.41) is 7.12. The molecule has 2 atom stereocenters. The fourth-order valence-electron chi connectivity index (χ4n) is 3.84. The maximum atomic E-state index is 12.7. The first kappa shape index (κ1) is 22.6. The van der Waals surface area contributed by atoms with E-state index in [1.165, 1.54) is 0 Å². The SMILES string of the molecule is CCN1CC[C@]2(CN(C(=O)c3cncc(C)c3)C[C@H]2C)C1=O.O=C(O)C(F)(F)F. The van der Waals surface area contributed by atoms with Gasteiger partial charge in [0.1, 0.15) is 0 Å². The highest BCUT2D eigenvalue weighted by Crippen LogP contribution is 2.44. The predicted molar refractivity (Wildman–Crippen MR) is 97.0 cm³/mol. The molecule has 0 aromatic carbocycles. The lowest BCUT2D eigenvalue weighted by Gasteiger charge is -2.26. The van der Waals surface area contributed by atoms with Crippen molar-refractivity contribution in [3.63, 3.8) is 0 Å². The van der Waals surface area contributed by atoms with Crippen LogP contribution in [0.4, 0.5) is 13.2 Å². The van der Waals surface area contributed by atoms with E-state index in [1.54, 1.807) is 12.4 Å². The quantitative estimate of drug-likeness (QED) is 0.801. The number of aryl methyl sites for hydroxylation is 1. The van der Waals surface area contributed by atoms with Crippen LogP contribution in [-0.4, -0.2) is 70.0 Å². The average molecular weight is 415 g/mol. The third-order valence-corrected chi connectivity index (χ3v) is 5.48. The fraction of sp³-hybridized carbons (Fsp3) is 0.579. The van der Waals surface area contributed by atoms with Gasteiger partial charge in [-0.3, -0.25) is 14.6 Å². The Morgan fingerprint density at radius 1 is 1.34 bits per heavy atom. The number of aliphatic carboxylic acids is 1. The van der Waals surface area contributed by atoms with Gasteiger partial charge in [0.25, 0.3) is 5.91 Å². The number of rotatable bonds is 2. The number of carbonyl (C=O) groups excluding carboxylic acids is 2. The van der Waals surface area contributed by atoms with E-state index in [0.717, 1.165) is 25.1 Å². The highest BCUT2D eigenvalue weighted by molar-refractivity contribution is 5.95. The molecule has 3 rings (SSSR count). The van der Waals surface area contributed by atoms with E-state index in [0.29, 0.717) is 18.7 Å². The van der Waals surface area contributed by atoms with Gasteiger partial charge in [-0.1, -0.05) is 6.92 Å². The zero-order chi connectivity index (χ0) is 22.0. The first-order valence-electron chi connectivity index (χ1n) is 9.22. The van der Waals surface area contributed by atoms with Crippen LogP contribution in [-0.2, 0) is 9.59 Å². The Kier molecular flexibility index (Phi) is 6.54. The highest BCUT2D eigenvalue weighted by atomic mass is 19.4. The van der Waals surface area contributed by atoms with Crippen molar-refractivity contribution in [3.8, 4) is 0 Å². The molecular formula is C19H24F3N3O4. The minimum Gasteiger partial charge on any atom is -0.475 e. The number of amides is 2. The monoisotopic (exact) mass is 415 g/mol. The van der Waals surface area contributed by atoms with Gasteiger partial charge in [0.15, 0.2) is 0 Å². The molecule has 3 heterocycles. The Labute approximate surface area is 166 Å². The Morgan fingerprint density at radius 2 is 1.97 bits per heavy atom. The van der Waals surface area contributed by atoms with Crippen LogP contribution in [0.15, 0.2) is 18.5 Å². The van der Waals surface area contributed by atoms with Gasteiger partial charge in [-0.05, 0) is 37.8 Å². The molecule has 1 N–H and O–H groups in total. The van der Waals surface area contributed by atoms with E-state index in [2.05, 4.69) is 11.9 Å². The summed E-state index contributed by atoms with van der Waals surface area (Å²) in [4.78, 5) is 42.2. The second-order valence-electron chi connectivity index (χ2n) is 7.43. The van der Waals surface area contributed by atoms with E-state index >= 15 is 0 Å². The van der Waals surface area contributed by atoms with Crippen LogP contribution in [0.2, 0.25) is 0 Å². The van der Waals surface area contributed by atoms with Gasteiger partial charge in [-0.2, -0.15) is 13.2 Å². The van der Waals surface area contributed by atoms with Crippen molar-refractivity contribution in [1.82, 2.24) is 14.8 Å². The number of carboxylic acids is 1. The minimum atomic E-state index is -5.08. The molecular weight excluding hydrogens is 391 g/mol. The summed E-state index contributed by atoms with van der Waals surface area (Å²) in [7, 11) is 0. The number of hydrogen-bond acceptors (Lipinski definition) is 4. The number of pyridine rings is 1. The fourth-order valence-corrected chi connectivity index (χ4v) is 3.84. The summed E-state index contributed by atoms with van der Waals surface area (Å²) in [6.45, 7) is 8.79. The van der Waals surface area contributed by atoms with Crippen molar-refractivity contribution in [2.24, 2.45) is 11.3 Å². The zero-order valence-corrected chi connectivity index (χ0v) is 16.5. The Bertz CT molecular complexity index is 799. The van der Waals surface area contributed by atoms with Crippen molar-refractivity contribution < 1.29 is 32.7 Å². The van der Waals surface area contributed by atoms with Crippen LogP contribution in [0, 0.1) is 18.3 Å². The topological polar surface area (TPSA) is 90.8 Å². The van der Waals surface area contributed by atoms with Crippen LogP contribution in [0.25, 0.3) is 0 Å². The van der Waals surface area contributed by atoms with Gasteiger partial charge in [-0.25, -0.2) is 4.79 Å². The van der Waals surface area contributed by atoms with E-state index in [4.69, 9.17) is 9.90 Å². The number of carboxylic acid groups (broad SMARTS) is 1. The van der Waals surface area contributed by atoms with Gasteiger partial charge >= 0.3 is 12.1 Å². The third-order valence-electron chi connectivity index (χ3n) is 5.48. The molecule has 0 radical (unpaired) electrons. The van der Waals surface area contributed by atoms with E-state index in [1.807, 2.05) is 29.7 Å². The standard InChI is InChI=1S/C17H23N3O2.C2HF3O2/c1-4-19-6-5-17(16(19)22)11-20(10-13(17)3)15(21)14-7-12(2)8-18-9-14;3-2(4,5)1(6)7/h7-9,13H,4-6,10-11H2,1-3H3;(H,6,7)/t13-,17-;/m1./s1. The molecule has 2 aliphatic heterocycles. The van der Waals surface area contributed by atoms with Crippen LogP contribution in [0.5, 0.6) is 0 Å². The van der Waals surface area contributed by atoms with Crippen LogP contribution >= 0.6 is 0 Å². The second kappa shape index (κ2) is 8.38. The number of carbonyl (C=O) groups is 3. The number of nitrogens with zero attached hydrogens (tertiary/aromatic N) is 3. The van der Waals surface area contributed by atoms with E-state index in [9.17, 15) is 22.8 Å². The largest absolute Gasteiger partial charge is 0.490 e. The summed E-state index contributed by atoms with van der Waals surface area (Å²) >= 11 is 0. The smallest absolute Gasteiger partial charge is 0.475 e. The Balaban J connectivity index is 0.000000370. The molecule has 2 saturated heterocycles. The molecule has 1 aromatic rings. The molecule has 2 fully saturated rings. The van der Waals surface area contributed by atoms with Gasteiger partial charge in [0.2, 0.25) is 5.91 Å². The summed E-state index contributed by atoms with van der Waals surface area (Å²) in [6.07, 6.45) is -0.874. The van der Waals surface area contributed by atoms with Crippen molar-refractivity contribution in [2.75, 3.05) is 26.2 Å². The molecule has 7 nitrogen and oxygen atoms in total. The number of aromatic nitrogens is 1. The summed E-state index contributed by atoms with van der Waals surface area (Å²) in [6, 6.07) is 1.86. The number of hydrogen-bond donors (Lipinski definition) is 1. The first-order valence-corrected chi connectivity index (χ1v) is 9.22. The lowest BCUT2D eigenvalue weighted by molar-refractivity contribution is -0.192. The number of likely N-dealkylation sites (tertiary alicyclic amines) is 2. The minimum absolute atomic E-state index is 0.0114. The molecule has 0 saturated carbocycles. The average Bonchev–Trinajstić information content (AvgIpc) is 3.15. The summed E-state index contributed by atoms with van der Waals surface area (Å²) in [5.74, 6) is -2.34. The molecule has 160 valence electrons. The van der Waals surface area contributed by atoms with Crippen LogP contribution in [0.1, 0.15) is 36.2 Å². The molecule has 1 spiro atoms. The van der Waals surface area contributed by atoms with Gasteiger partial charge in [0.05, 0.1) is 11.0 Å². The lowest BCUT2D eigenvalue weighted by Crippen LogP contribution is -2.40. The molecule has 0 aliphatic carbocycles. The predicted octanol–water partition coefficient (Wildman–Crippen LogP) is 2.35. The van der Waals surface area contributed by atoms with Gasteiger partial charge in [0, 0.05) is 38.6 Å². The number of alkyl halides is 3. The molecule has 10 heteroatoms. The molecule has 29 heavy (non-hydrogen) atoms. The maximum absolute atomic E-state index is 12.7. The van der Waals surface area contributed by atoms with Gasteiger partial charge in [-0.15, -0.1) is 0 Å². The van der Waals surface area contributed by atoms with Crippen molar-refractivity contribution in [3.05, 3.63) is 29.6 Å². The molecule has 2 amide bonds. The Morgan fingerprint density at radius 3 is 2.45 bits per heavy atom. The number of halogens is 3.